The minimum atomic E-state index is -0.286. The number of nitrogens with zero attached hydrogens (tertiary/aromatic N) is 1. The first-order chi connectivity index (χ1) is 9.63. The average molecular weight is 297 g/mol. The third kappa shape index (κ3) is 3.44. The number of carbonyl (C=O) groups is 1. The molecular formula is C15H21ClN2O2. The Kier molecular flexibility index (Phi) is 5.26. The van der Waals surface area contributed by atoms with E-state index in [1.54, 1.807) is 4.90 Å². The monoisotopic (exact) mass is 296 g/mol. The van der Waals surface area contributed by atoms with Crippen LogP contribution >= 0.6 is 11.6 Å². The maximum Gasteiger partial charge on any atom is 0.410 e. The Bertz CT molecular complexity index is 441. The van der Waals surface area contributed by atoms with Gasteiger partial charge in [-0.2, -0.15) is 0 Å². The summed E-state index contributed by atoms with van der Waals surface area (Å²) in [5.74, 6) is 0.256. The molecule has 5 heteroatoms. The summed E-state index contributed by atoms with van der Waals surface area (Å²) in [4.78, 5) is 13.9. The van der Waals surface area contributed by atoms with Crippen molar-refractivity contribution in [3.63, 3.8) is 0 Å². The molecule has 110 valence electrons. The molecule has 0 aliphatic carbocycles. The Hall–Kier alpha value is -1.26. The molecule has 1 amide bonds. The van der Waals surface area contributed by atoms with Crippen molar-refractivity contribution < 1.29 is 9.53 Å². The second-order valence-electron chi connectivity index (χ2n) is 5.17. The van der Waals surface area contributed by atoms with Crippen molar-refractivity contribution >= 4 is 17.7 Å². The van der Waals surface area contributed by atoms with Gasteiger partial charge in [0.25, 0.3) is 0 Å². The number of carbonyl (C=O) groups excluding carboxylic acids is 1. The molecule has 0 bridgehead atoms. The molecule has 1 aromatic carbocycles. The zero-order valence-corrected chi connectivity index (χ0v) is 12.6. The van der Waals surface area contributed by atoms with E-state index in [1.165, 1.54) is 0 Å². The predicted molar refractivity (Wildman–Crippen MR) is 79.9 cm³/mol. The number of amides is 1. The minimum Gasteiger partial charge on any atom is -0.445 e. The largest absolute Gasteiger partial charge is 0.445 e. The quantitative estimate of drug-likeness (QED) is 0.868. The van der Waals surface area contributed by atoms with Crippen LogP contribution < -0.4 is 5.32 Å². The number of hydrogen-bond donors (Lipinski definition) is 1. The first kappa shape index (κ1) is 15.1. The van der Waals surface area contributed by atoms with Gasteiger partial charge in [0.15, 0.2) is 0 Å². The SMILES string of the molecule is CNCC1C(Cl)CN(C(=O)OCc2ccccc2)C1C. The number of likely N-dealkylation sites (tertiary alicyclic amines) is 1. The highest BCUT2D eigenvalue weighted by Gasteiger charge is 2.40. The highest BCUT2D eigenvalue weighted by atomic mass is 35.5. The zero-order valence-electron chi connectivity index (χ0n) is 11.9. The van der Waals surface area contributed by atoms with Crippen LogP contribution in [0.3, 0.4) is 0 Å². The van der Waals surface area contributed by atoms with Crippen LogP contribution in [-0.4, -0.2) is 42.5 Å². The van der Waals surface area contributed by atoms with Crippen LogP contribution in [-0.2, 0) is 11.3 Å². The van der Waals surface area contributed by atoms with E-state index >= 15 is 0 Å². The number of ether oxygens (including phenoxy) is 1. The van der Waals surface area contributed by atoms with Crippen LogP contribution in [0.2, 0.25) is 0 Å². The molecule has 0 saturated carbocycles. The summed E-state index contributed by atoms with van der Waals surface area (Å²) < 4.78 is 5.37. The number of nitrogens with one attached hydrogen (secondary N) is 1. The van der Waals surface area contributed by atoms with Gasteiger partial charge in [0.1, 0.15) is 6.61 Å². The molecule has 1 aromatic rings. The first-order valence-corrected chi connectivity index (χ1v) is 7.33. The summed E-state index contributed by atoms with van der Waals surface area (Å²) in [6.45, 7) is 3.67. The Labute approximate surface area is 125 Å². The Morgan fingerprint density at radius 2 is 2.15 bits per heavy atom. The Balaban J connectivity index is 1.90. The summed E-state index contributed by atoms with van der Waals surface area (Å²) in [7, 11) is 1.90. The van der Waals surface area contributed by atoms with Crippen molar-refractivity contribution in [2.45, 2.75) is 24.9 Å². The molecule has 2 rings (SSSR count). The molecule has 0 spiro atoms. The summed E-state index contributed by atoms with van der Waals surface area (Å²) >= 11 is 6.32. The Morgan fingerprint density at radius 3 is 2.80 bits per heavy atom. The van der Waals surface area contributed by atoms with Gasteiger partial charge in [-0.25, -0.2) is 4.79 Å². The lowest BCUT2D eigenvalue weighted by molar-refractivity contribution is 0.0912. The molecule has 3 atom stereocenters. The highest BCUT2D eigenvalue weighted by Crippen LogP contribution is 2.28. The smallest absolute Gasteiger partial charge is 0.410 e. The predicted octanol–water partition coefficient (Wildman–Crippen LogP) is 2.47. The third-order valence-corrected chi connectivity index (χ3v) is 4.29. The van der Waals surface area contributed by atoms with Gasteiger partial charge >= 0.3 is 6.09 Å². The van der Waals surface area contributed by atoms with Gasteiger partial charge in [-0.1, -0.05) is 30.3 Å². The lowest BCUT2D eigenvalue weighted by Gasteiger charge is -2.24. The minimum absolute atomic E-state index is 0.0262. The van der Waals surface area contributed by atoms with Crippen LogP contribution in [0.4, 0.5) is 4.79 Å². The van der Waals surface area contributed by atoms with Crippen molar-refractivity contribution in [3.05, 3.63) is 35.9 Å². The first-order valence-electron chi connectivity index (χ1n) is 6.89. The standard InChI is InChI=1S/C15H21ClN2O2/c1-11-13(8-17-2)14(16)9-18(11)15(19)20-10-12-6-4-3-5-7-12/h3-7,11,13-14,17H,8-10H2,1-2H3. The van der Waals surface area contributed by atoms with E-state index in [0.29, 0.717) is 13.2 Å². The number of rotatable bonds is 4. The Morgan fingerprint density at radius 1 is 1.45 bits per heavy atom. The lowest BCUT2D eigenvalue weighted by atomic mass is 10.0. The highest BCUT2D eigenvalue weighted by molar-refractivity contribution is 6.21. The second kappa shape index (κ2) is 6.95. The summed E-state index contributed by atoms with van der Waals surface area (Å²) in [6.07, 6.45) is -0.286. The second-order valence-corrected chi connectivity index (χ2v) is 5.73. The van der Waals surface area contributed by atoms with Crippen molar-refractivity contribution in [1.82, 2.24) is 10.2 Å². The molecule has 1 aliphatic rings. The number of hydrogen-bond acceptors (Lipinski definition) is 3. The van der Waals surface area contributed by atoms with Crippen LogP contribution in [0.5, 0.6) is 0 Å². The van der Waals surface area contributed by atoms with E-state index in [2.05, 4.69) is 5.32 Å². The lowest BCUT2D eigenvalue weighted by Crippen LogP contribution is -2.38. The fraction of sp³-hybridized carbons (Fsp3) is 0.533. The normalized spacial score (nSPS) is 25.8. The maximum atomic E-state index is 12.1. The van der Waals surface area contributed by atoms with Crippen LogP contribution in [0.1, 0.15) is 12.5 Å². The van der Waals surface area contributed by atoms with Gasteiger partial charge in [-0.15, -0.1) is 11.6 Å². The van der Waals surface area contributed by atoms with Crippen LogP contribution in [0, 0.1) is 5.92 Å². The average Bonchev–Trinajstić information content (AvgIpc) is 2.74. The van der Waals surface area contributed by atoms with Crippen LogP contribution in [0.25, 0.3) is 0 Å². The van der Waals surface area contributed by atoms with E-state index in [4.69, 9.17) is 16.3 Å². The zero-order chi connectivity index (χ0) is 14.5. The van der Waals surface area contributed by atoms with E-state index in [9.17, 15) is 4.79 Å². The van der Waals surface area contributed by atoms with Gasteiger partial charge in [0, 0.05) is 25.0 Å². The van der Waals surface area contributed by atoms with Gasteiger partial charge in [0.2, 0.25) is 0 Å². The van der Waals surface area contributed by atoms with E-state index in [0.717, 1.165) is 12.1 Å². The number of alkyl halides is 1. The molecular weight excluding hydrogens is 276 g/mol. The van der Waals surface area contributed by atoms with Crippen molar-refractivity contribution in [3.8, 4) is 0 Å². The molecule has 1 N–H and O–H groups in total. The number of benzene rings is 1. The molecule has 1 fully saturated rings. The van der Waals surface area contributed by atoms with Crippen LogP contribution in [0.15, 0.2) is 30.3 Å². The number of halogens is 1. The summed E-state index contributed by atoms with van der Waals surface area (Å²) in [6, 6.07) is 9.77. The van der Waals surface area contributed by atoms with Gasteiger partial charge in [0.05, 0.1) is 5.38 Å². The van der Waals surface area contributed by atoms with Gasteiger partial charge in [-0.05, 0) is 19.5 Å². The molecule has 0 radical (unpaired) electrons. The summed E-state index contributed by atoms with van der Waals surface area (Å²) in [5, 5.41) is 3.10. The van der Waals surface area contributed by atoms with Crippen molar-refractivity contribution in [2.24, 2.45) is 5.92 Å². The third-order valence-electron chi connectivity index (χ3n) is 3.83. The molecule has 1 saturated heterocycles. The summed E-state index contributed by atoms with van der Waals surface area (Å²) in [5.41, 5.74) is 0.988. The van der Waals surface area contributed by atoms with E-state index in [1.807, 2.05) is 44.3 Å². The molecule has 1 aliphatic heterocycles. The fourth-order valence-corrected chi connectivity index (χ4v) is 3.05. The van der Waals surface area contributed by atoms with E-state index < -0.39 is 0 Å². The molecule has 1 heterocycles. The fourth-order valence-electron chi connectivity index (χ4n) is 2.60. The molecule has 3 unspecified atom stereocenters. The van der Waals surface area contributed by atoms with Gasteiger partial charge < -0.3 is 15.0 Å². The topological polar surface area (TPSA) is 41.6 Å². The van der Waals surface area contributed by atoms with Gasteiger partial charge in [-0.3, -0.25) is 0 Å². The van der Waals surface area contributed by atoms with E-state index in [-0.39, 0.29) is 23.4 Å². The molecule has 0 aromatic heterocycles. The maximum absolute atomic E-state index is 12.1. The molecule has 20 heavy (non-hydrogen) atoms. The van der Waals surface area contributed by atoms with Crippen molar-refractivity contribution in [1.29, 1.82) is 0 Å². The van der Waals surface area contributed by atoms with Crippen molar-refractivity contribution in [2.75, 3.05) is 20.1 Å². The molecule has 4 nitrogen and oxygen atoms in total.